The molecule has 1 amide bonds. The number of hydrogen-bond donors (Lipinski definition) is 1. The molecule has 1 aromatic rings. The second kappa shape index (κ2) is 6.37. The van der Waals surface area contributed by atoms with E-state index in [-0.39, 0.29) is 18.7 Å². The van der Waals surface area contributed by atoms with Crippen LogP contribution in [0.4, 0.5) is 19.0 Å². The van der Waals surface area contributed by atoms with Gasteiger partial charge in [0.1, 0.15) is 11.4 Å². The highest BCUT2D eigenvalue weighted by molar-refractivity contribution is 5.92. The fraction of sp³-hybridized carbons (Fsp3) is 0.706. The summed E-state index contributed by atoms with van der Waals surface area (Å²) in [5.74, 6) is -0.441. The van der Waals surface area contributed by atoms with E-state index in [2.05, 4.69) is 25.1 Å². The molecule has 1 atom stereocenters. The number of nitrogens with zero attached hydrogens (tertiary/aromatic N) is 4. The Bertz CT molecular complexity index is 715. The van der Waals surface area contributed by atoms with E-state index in [1.54, 1.807) is 6.92 Å². The lowest BCUT2D eigenvalue weighted by atomic mass is 10.2. The first-order valence-corrected chi connectivity index (χ1v) is 8.70. The number of nitrogens with one attached hydrogen (secondary N) is 1. The number of alkyl halides is 3. The average Bonchev–Trinajstić information content (AvgIpc) is 3.17. The number of aromatic nitrogens is 2. The van der Waals surface area contributed by atoms with Crippen molar-refractivity contribution in [3.05, 3.63) is 17.1 Å². The summed E-state index contributed by atoms with van der Waals surface area (Å²) in [6.45, 7) is 5.16. The molecule has 0 unspecified atom stereocenters. The molecule has 1 saturated heterocycles. The van der Waals surface area contributed by atoms with E-state index in [0.29, 0.717) is 17.6 Å². The van der Waals surface area contributed by atoms with Gasteiger partial charge in [0.05, 0.1) is 0 Å². The molecule has 0 radical (unpaired) electrons. The third-order valence-corrected chi connectivity index (χ3v) is 5.41. The summed E-state index contributed by atoms with van der Waals surface area (Å²) >= 11 is 0. The zero-order valence-electron chi connectivity index (χ0n) is 15.4. The number of likely N-dealkylation sites (N-methyl/N-ethyl adjacent to an activating group) is 1. The van der Waals surface area contributed by atoms with Gasteiger partial charge < -0.3 is 15.1 Å². The van der Waals surface area contributed by atoms with Crippen molar-refractivity contribution in [2.24, 2.45) is 0 Å². The van der Waals surface area contributed by atoms with Crippen LogP contribution in [-0.4, -0.2) is 65.7 Å². The maximum Gasteiger partial charge on any atom is 0.411 e. The zero-order chi connectivity index (χ0) is 19.3. The zero-order valence-corrected chi connectivity index (χ0v) is 15.4. The van der Waals surface area contributed by atoms with Crippen LogP contribution in [0.5, 0.6) is 0 Å². The van der Waals surface area contributed by atoms with Gasteiger partial charge in [-0.25, -0.2) is 9.97 Å². The number of amides is 1. The predicted molar refractivity (Wildman–Crippen MR) is 91.3 cm³/mol. The van der Waals surface area contributed by atoms with Gasteiger partial charge in [-0.3, -0.25) is 4.79 Å². The van der Waals surface area contributed by atoms with E-state index in [0.717, 1.165) is 25.1 Å². The van der Waals surface area contributed by atoms with Crippen molar-refractivity contribution in [2.75, 3.05) is 32.1 Å². The van der Waals surface area contributed by atoms with Crippen LogP contribution in [0.25, 0.3) is 0 Å². The molecule has 2 fully saturated rings. The van der Waals surface area contributed by atoms with Crippen molar-refractivity contribution in [2.45, 2.75) is 50.9 Å². The van der Waals surface area contributed by atoms with Gasteiger partial charge in [0.15, 0.2) is 0 Å². The Morgan fingerprint density at radius 3 is 2.42 bits per heavy atom. The molecule has 1 saturated carbocycles. The second-order valence-corrected chi connectivity index (χ2v) is 7.47. The third kappa shape index (κ3) is 3.36. The Hall–Kier alpha value is -1.90. The van der Waals surface area contributed by atoms with Gasteiger partial charge in [0, 0.05) is 30.4 Å². The molecule has 3 rings (SSSR count). The van der Waals surface area contributed by atoms with Gasteiger partial charge in [-0.05, 0) is 47.2 Å². The number of hydrogen-bond acceptors (Lipinski definition) is 5. The minimum absolute atomic E-state index is 0.101. The lowest BCUT2D eigenvalue weighted by Gasteiger charge is -2.24. The summed E-state index contributed by atoms with van der Waals surface area (Å²) in [4.78, 5) is 25.0. The molecule has 2 aliphatic rings. The summed E-state index contributed by atoms with van der Waals surface area (Å²) in [6, 6.07) is 0.377. The van der Waals surface area contributed by atoms with Crippen LogP contribution in [0.2, 0.25) is 0 Å². The van der Waals surface area contributed by atoms with Crippen molar-refractivity contribution < 1.29 is 18.0 Å². The molecule has 0 spiro atoms. The van der Waals surface area contributed by atoms with Gasteiger partial charge in [0.2, 0.25) is 5.82 Å². The van der Waals surface area contributed by atoms with Crippen molar-refractivity contribution in [1.29, 1.82) is 0 Å². The molecule has 1 N–H and O–H groups in total. The first-order chi connectivity index (χ1) is 12.0. The Morgan fingerprint density at radius 2 is 1.92 bits per heavy atom. The molecular formula is C17H24F3N5O. The summed E-state index contributed by atoms with van der Waals surface area (Å²) in [5.41, 5.74) is -0.668. The van der Waals surface area contributed by atoms with E-state index in [9.17, 15) is 18.0 Å². The van der Waals surface area contributed by atoms with E-state index >= 15 is 0 Å². The van der Waals surface area contributed by atoms with E-state index < -0.39 is 17.6 Å². The summed E-state index contributed by atoms with van der Waals surface area (Å²) in [5, 5.41) is 2.10. The van der Waals surface area contributed by atoms with Crippen LogP contribution in [-0.2, 0) is 0 Å². The van der Waals surface area contributed by atoms with Crippen LogP contribution in [0, 0.1) is 13.8 Å². The molecule has 1 aromatic heterocycles. The molecule has 2 heterocycles. The molecule has 0 aromatic carbocycles. The first-order valence-electron chi connectivity index (χ1n) is 8.70. The molecule has 1 aliphatic heterocycles. The Labute approximate surface area is 150 Å². The molecule has 26 heavy (non-hydrogen) atoms. The van der Waals surface area contributed by atoms with Crippen molar-refractivity contribution in [3.8, 4) is 0 Å². The lowest BCUT2D eigenvalue weighted by Crippen LogP contribution is -2.48. The van der Waals surface area contributed by atoms with Crippen LogP contribution < -0.4 is 10.2 Å². The number of carbonyl (C=O) groups is 1. The topological polar surface area (TPSA) is 61.4 Å². The monoisotopic (exact) mass is 371 g/mol. The van der Waals surface area contributed by atoms with E-state index in [4.69, 9.17) is 0 Å². The van der Waals surface area contributed by atoms with Gasteiger partial charge in [-0.2, -0.15) is 13.2 Å². The molecule has 9 heteroatoms. The minimum atomic E-state index is -4.46. The number of anilines is 1. The number of rotatable bonds is 4. The Kier molecular flexibility index (Phi) is 4.62. The van der Waals surface area contributed by atoms with Gasteiger partial charge in [-0.1, -0.05) is 0 Å². The summed E-state index contributed by atoms with van der Waals surface area (Å²) in [6.07, 6.45) is -3.69. The van der Waals surface area contributed by atoms with Crippen LogP contribution in [0.3, 0.4) is 0 Å². The normalized spacial score (nSPS) is 22.0. The van der Waals surface area contributed by atoms with Gasteiger partial charge >= 0.3 is 6.18 Å². The average molecular weight is 371 g/mol. The van der Waals surface area contributed by atoms with Crippen molar-refractivity contribution >= 4 is 11.7 Å². The van der Waals surface area contributed by atoms with Crippen LogP contribution in [0.15, 0.2) is 0 Å². The van der Waals surface area contributed by atoms with Crippen LogP contribution >= 0.6 is 0 Å². The minimum Gasteiger partial charge on any atom is -0.355 e. The van der Waals surface area contributed by atoms with Gasteiger partial charge in [0.25, 0.3) is 5.91 Å². The highest BCUT2D eigenvalue weighted by Gasteiger charge is 2.64. The van der Waals surface area contributed by atoms with Crippen molar-refractivity contribution in [1.82, 2.24) is 20.2 Å². The smallest absolute Gasteiger partial charge is 0.355 e. The molecule has 1 aliphatic carbocycles. The largest absolute Gasteiger partial charge is 0.411 e. The Balaban J connectivity index is 1.84. The highest BCUT2D eigenvalue weighted by atomic mass is 19.4. The number of halogens is 3. The van der Waals surface area contributed by atoms with Crippen LogP contribution in [0.1, 0.15) is 41.1 Å². The maximum absolute atomic E-state index is 13.1. The predicted octanol–water partition coefficient (Wildman–Crippen LogP) is 2.06. The summed E-state index contributed by atoms with van der Waals surface area (Å²) in [7, 11) is 4.02. The van der Waals surface area contributed by atoms with E-state index in [1.807, 2.05) is 21.0 Å². The fourth-order valence-electron chi connectivity index (χ4n) is 3.26. The lowest BCUT2D eigenvalue weighted by molar-refractivity contribution is -0.163. The molecular weight excluding hydrogens is 347 g/mol. The number of aryl methyl sites for hydroxylation is 1. The van der Waals surface area contributed by atoms with Gasteiger partial charge in [-0.15, -0.1) is 0 Å². The first kappa shape index (κ1) is 18.9. The second-order valence-electron chi connectivity index (χ2n) is 7.47. The standard InChI is InChI=1S/C17H24F3N5O/c1-10-11(2)21-13(15(26)23-16(6-7-16)17(18,19)20)22-14(10)25-8-5-12(9-25)24(3)4/h12H,5-9H2,1-4H3,(H,23,26)/t12-/m1/s1. The molecule has 6 nitrogen and oxygen atoms in total. The van der Waals surface area contributed by atoms with E-state index in [1.165, 1.54) is 0 Å². The molecule has 0 bridgehead atoms. The summed E-state index contributed by atoms with van der Waals surface area (Å²) < 4.78 is 39.3. The quantitative estimate of drug-likeness (QED) is 0.878. The Morgan fingerprint density at radius 1 is 1.27 bits per heavy atom. The highest BCUT2D eigenvalue weighted by Crippen LogP contribution is 2.49. The third-order valence-electron chi connectivity index (χ3n) is 5.41. The maximum atomic E-state index is 13.1. The SMILES string of the molecule is Cc1nc(C(=O)NC2(C(F)(F)F)CC2)nc(N2CC[C@@H](N(C)C)C2)c1C. The fourth-order valence-corrected chi connectivity index (χ4v) is 3.26. The number of carbonyl (C=O) groups excluding carboxylic acids is 1. The van der Waals surface area contributed by atoms with Crippen molar-refractivity contribution in [3.63, 3.8) is 0 Å². The molecule has 144 valence electrons.